The molecule has 30 heavy (non-hydrogen) atoms. The van der Waals surface area contributed by atoms with Gasteiger partial charge in [0, 0.05) is 23.4 Å². The van der Waals surface area contributed by atoms with E-state index in [-0.39, 0.29) is 11.8 Å². The van der Waals surface area contributed by atoms with E-state index in [9.17, 15) is 9.59 Å². The topological polar surface area (TPSA) is 77.1 Å². The third kappa shape index (κ3) is 4.29. The van der Waals surface area contributed by atoms with E-state index < -0.39 is 6.04 Å². The lowest BCUT2D eigenvalue weighted by atomic mass is 10.1. The molecular formula is C21H21ClN2O5S. The summed E-state index contributed by atoms with van der Waals surface area (Å²) in [5, 5.41) is 3.19. The molecular weight excluding hydrogens is 428 g/mol. The van der Waals surface area contributed by atoms with Gasteiger partial charge < -0.3 is 24.4 Å². The molecule has 2 heterocycles. The molecule has 2 aliphatic rings. The summed E-state index contributed by atoms with van der Waals surface area (Å²) in [5.74, 6) is 2.04. The third-order valence-electron chi connectivity index (χ3n) is 4.85. The van der Waals surface area contributed by atoms with Crippen LogP contribution in [0.15, 0.2) is 36.4 Å². The summed E-state index contributed by atoms with van der Waals surface area (Å²) in [5.41, 5.74) is 1.01. The van der Waals surface area contributed by atoms with Crippen LogP contribution >= 0.6 is 23.4 Å². The Morgan fingerprint density at radius 2 is 1.97 bits per heavy atom. The monoisotopic (exact) mass is 448 g/mol. The van der Waals surface area contributed by atoms with Gasteiger partial charge >= 0.3 is 0 Å². The molecule has 158 valence electrons. The summed E-state index contributed by atoms with van der Waals surface area (Å²) in [4.78, 5) is 27.6. The Morgan fingerprint density at radius 3 is 2.73 bits per heavy atom. The number of amides is 2. The second kappa shape index (κ2) is 9.06. The second-order valence-corrected chi connectivity index (χ2v) is 8.25. The fourth-order valence-electron chi connectivity index (χ4n) is 3.28. The summed E-state index contributed by atoms with van der Waals surface area (Å²) in [6.07, 6.45) is 0.741. The molecule has 0 bridgehead atoms. The number of ether oxygens (including phenoxy) is 3. The maximum absolute atomic E-state index is 13.2. The average molecular weight is 449 g/mol. The van der Waals surface area contributed by atoms with Crippen molar-refractivity contribution in [1.82, 2.24) is 4.90 Å². The van der Waals surface area contributed by atoms with Crippen molar-refractivity contribution >= 4 is 40.9 Å². The van der Waals surface area contributed by atoms with Crippen molar-refractivity contribution in [3.05, 3.63) is 47.0 Å². The minimum absolute atomic E-state index is 0.237. The van der Waals surface area contributed by atoms with Gasteiger partial charge in [0.25, 0.3) is 5.91 Å². The molecule has 0 radical (unpaired) electrons. The Kier molecular flexibility index (Phi) is 6.24. The Bertz CT molecular complexity index is 953. The summed E-state index contributed by atoms with van der Waals surface area (Å²) in [7, 11) is 1.58. The molecule has 0 spiro atoms. The maximum atomic E-state index is 13.2. The highest BCUT2D eigenvalue weighted by molar-refractivity contribution is 7.99. The van der Waals surface area contributed by atoms with Crippen molar-refractivity contribution in [3.63, 3.8) is 0 Å². The second-order valence-electron chi connectivity index (χ2n) is 6.84. The zero-order valence-corrected chi connectivity index (χ0v) is 17.9. The lowest BCUT2D eigenvalue weighted by Crippen LogP contribution is -2.44. The van der Waals surface area contributed by atoms with Gasteiger partial charge in [-0.05, 0) is 36.4 Å². The zero-order chi connectivity index (χ0) is 21.1. The van der Waals surface area contributed by atoms with E-state index >= 15 is 0 Å². The number of carbonyl (C=O) groups excluding carboxylic acids is 2. The van der Waals surface area contributed by atoms with E-state index in [1.807, 2.05) is 0 Å². The van der Waals surface area contributed by atoms with Gasteiger partial charge in [0.1, 0.15) is 11.8 Å². The summed E-state index contributed by atoms with van der Waals surface area (Å²) in [6.45, 7) is 1.00. The smallest absolute Gasteiger partial charge is 0.255 e. The van der Waals surface area contributed by atoms with Crippen LogP contribution in [0.25, 0.3) is 0 Å². The number of fused-ring (bicyclic) bond motifs is 1. The van der Waals surface area contributed by atoms with Crippen molar-refractivity contribution in [2.45, 2.75) is 12.5 Å². The normalized spacial score (nSPS) is 17.9. The van der Waals surface area contributed by atoms with Crippen LogP contribution in [0, 0.1) is 0 Å². The van der Waals surface area contributed by atoms with E-state index in [0.29, 0.717) is 58.4 Å². The molecule has 2 aliphatic heterocycles. The Morgan fingerprint density at radius 1 is 1.20 bits per heavy atom. The van der Waals surface area contributed by atoms with Crippen molar-refractivity contribution in [2.24, 2.45) is 0 Å². The van der Waals surface area contributed by atoms with Gasteiger partial charge in [0.15, 0.2) is 11.5 Å². The number of methoxy groups -OCH3 is 1. The average Bonchev–Trinajstić information content (AvgIpc) is 3.12. The van der Waals surface area contributed by atoms with Gasteiger partial charge in [-0.3, -0.25) is 9.59 Å². The maximum Gasteiger partial charge on any atom is 0.255 e. The molecule has 1 atom stereocenters. The minimum Gasteiger partial charge on any atom is -0.497 e. The van der Waals surface area contributed by atoms with Crippen LogP contribution in [0.4, 0.5) is 5.69 Å². The first-order valence-corrected chi connectivity index (χ1v) is 11.0. The van der Waals surface area contributed by atoms with Gasteiger partial charge in [0.05, 0.1) is 31.2 Å². The summed E-state index contributed by atoms with van der Waals surface area (Å²) >= 11 is 7.86. The van der Waals surface area contributed by atoms with Gasteiger partial charge in [-0.1, -0.05) is 11.6 Å². The predicted molar refractivity (Wildman–Crippen MR) is 116 cm³/mol. The largest absolute Gasteiger partial charge is 0.497 e. The van der Waals surface area contributed by atoms with E-state index in [4.69, 9.17) is 25.8 Å². The summed E-state index contributed by atoms with van der Waals surface area (Å²) < 4.78 is 16.4. The van der Waals surface area contributed by atoms with Crippen molar-refractivity contribution in [3.8, 4) is 17.2 Å². The molecule has 2 amide bonds. The summed E-state index contributed by atoms with van der Waals surface area (Å²) in [6, 6.07) is 9.67. The zero-order valence-electron chi connectivity index (χ0n) is 16.4. The molecule has 1 saturated heterocycles. The number of anilines is 1. The van der Waals surface area contributed by atoms with Crippen LogP contribution in [-0.2, 0) is 4.79 Å². The number of hydrogen-bond acceptors (Lipinski definition) is 6. The van der Waals surface area contributed by atoms with Gasteiger partial charge in [-0.25, -0.2) is 0 Å². The quantitative estimate of drug-likeness (QED) is 0.769. The Labute approximate surface area is 183 Å². The van der Waals surface area contributed by atoms with Crippen molar-refractivity contribution in [2.75, 3.05) is 37.3 Å². The number of rotatable bonds is 4. The molecule has 2 aromatic carbocycles. The Hall–Kier alpha value is -2.58. The highest BCUT2D eigenvalue weighted by Gasteiger charge is 2.36. The molecule has 0 aliphatic carbocycles. The number of benzene rings is 2. The molecule has 0 aromatic heterocycles. The number of carbonyl (C=O) groups is 2. The number of halogens is 1. The molecule has 1 fully saturated rings. The number of nitrogens with zero attached hydrogens (tertiary/aromatic N) is 1. The molecule has 9 heteroatoms. The van der Waals surface area contributed by atoms with Crippen LogP contribution in [-0.4, -0.2) is 54.7 Å². The van der Waals surface area contributed by atoms with Gasteiger partial charge in [-0.15, -0.1) is 11.8 Å². The molecule has 4 rings (SSSR count). The van der Waals surface area contributed by atoms with E-state index in [0.717, 1.165) is 6.42 Å². The highest BCUT2D eigenvalue weighted by atomic mass is 35.5. The minimum atomic E-state index is -0.584. The fourth-order valence-corrected chi connectivity index (χ4v) is 4.70. The van der Waals surface area contributed by atoms with E-state index in [2.05, 4.69) is 5.32 Å². The first-order chi connectivity index (χ1) is 14.6. The molecule has 0 saturated carbocycles. The van der Waals surface area contributed by atoms with Crippen molar-refractivity contribution in [1.29, 1.82) is 0 Å². The number of nitrogens with one attached hydrogen (secondary N) is 1. The van der Waals surface area contributed by atoms with Crippen LogP contribution < -0.4 is 19.5 Å². The molecule has 1 N–H and O–H groups in total. The van der Waals surface area contributed by atoms with Crippen LogP contribution in [0.3, 0.4) is 0 Å². The molecule has 7 nitrogen and oxygen atoms in total. The fraction of sp³-hybridized carbons (Fsp3) is 0.333. The van der Waals surface area contributed by atoms with Crippen LogP contribution in [0.2, 0.25) is 5.02 Å². The standard InChI is InChI=1S/C21H21ClN2O5S/c1-27-15-5-3-14(4-6-15)23-20(25)17-11-30-12-24(17)21(26)13-9-16(22)19-18(10-13)28-7-2-8-29-19/h3-6,9-10,17H,2,7-8,11-12H2,1H3,(H,23,25). The molecule has 1 unspecified atom stereocenters. The highest BCUT2D eigenvalue weighted by Crippen LogP contribution is 2.38. The lowest BCUT2D eigenvalue weighted by Gasteiger charge is -2.23. The Balaban J connectivity index is 1.51. The number of hydrogen-bond donors (Lipinski definition) is 1. The number of thioether (sulfide) groups is 1. The SMILES string of the molecule is COc1ccc(NC(=O)C2CSCN2C(=O)c2cc(Cl)c3c(c2)OCCCO3)cc1. The van der Waals surface area contributed by atoms with Crippen LogP contribution in [0.1, 0.15) is 16.8 Å². The molecule has 2 aromatic rings. The first kappa shape index (κ1) is 20.7. The lowest BCUT2D eigenvalue weighted by molar-refractivity contribution is -0.119. The predicted octanol–water partition coefficient (Wildman–Crippen LogP) is 3.66. The first-order valence-electron chi connectivity index (χ1n) is 9.49. The van der Waals surface area contributed by atoms with Crippen LogP contribution in [0.5, 0.6) is 17.2 Å². The van der Waals surface area contributed by atoms with E-state index in [1.54, 1.807) is 48.4 Å². The van der Waals surface area contributed by atoms with Crippen molar-refractivity contribution < 1.29 is 23.8 Å². The van der Waals surface area contributed by atoms with E-state index in [1.165, 1.54) is 11.8 Å². The van der Waals surface area contributed by atoms with Gasteiger partial charge in [0.2, 0.25) is 5.91 Å². The van der Waals surface area contributed by atoms with Gasteiger partial charge in [-0.2, -0.15) is 0 Å². The third-order valence-corrected chi connectivity index (χ3v) is 6.15.